The minimum atomic E-state index is -0.657. The second kappa shape index (κ2) is 14.9. The summed E-state index contributed by atoms with van der Waals surface area (Å²) in [5, 5.41) is 15.1. The van der Waals surface area contributed by atoms with Crippen LogP contribution in [0.3, 0.4) is 0 Å². The van der Waals surface area contributed by atoms with Crippen molar-refractivity contribution in [1.82, 2.24) is 0 Å². The highest BCUT2D eigenvalue weighted by molar-refractivity contribution is 6.20. The lowest BCUT2D eigenvalue weighted by atomic mass is 9.57. The number of rotatable bonds is 4. The molecule has 2 aliphatic heterocycles. The predicted molar refractivity (Wildman–Crippen MR) is 284 cm³/mol. The first kappa shape index (κ1) is 42.0. The number of anilines is 4. The highest BCUT2D eigenvalue weighted by Crippen LogP contribution is 2.64. The van der Waals surface area contributed by atoms with Gasteiger partial charge >= 0.3 is 0 Å². The van der Waals surface area contributed by atoms with E-state index in [0.717, 1.165) is 43.4 Å². The molecule has 2 saturated carbocycles. The Bertz CT molecular complexity index is 3480. The van der Waals surface area contributed by atoms with E-state index in [0.29, 0.717) is 0 Å². The van der Waals surface area contributed by atoms with E-state index in [-0.39, 0.29) is 21.9 Å². The molecule has 4 heteroatoms. The first-order chi connectivity index (χ1) is 33.5. The maximum absolute atomic E-state index is 10.1. The molecule has 5 aliphatic rings. The van der Waals surface area contributed by atoms with Gasteiger partial charge in [-0.25, -0.2) is 4.85 Å². The van der Waals surface area contributed by atoms with Gasteiger partial charge in [-0.15, -0.1) is 0 Å². The Hall–Kier alpha value is -7.14. The largest absolute Gasteiger partial charge is 0.335 e. The molecule has 13 rings (SSSR count). The van der Waals surface area contributed by atoms with Crippen molar-refractivity contribution in [2.45, 2.75) is 108 Å². The first-order valence-electron chi connectivity index (χ1n) is 25.4. The molecule has 4 unspecified atom stereocenters. The highest BCUT2D eigenvalue weighted by atomic mass is 15.2. The van der Waals surface area contributed by atoms with Crippen molar-refractivity contribution >= 4 is 50.0 Å². The SMILES string of the molecule is [C-]#[N+]c1ccc2c(c1)CC1(C)CCCCC1(C)N2c1ccc2c(c1)C(c1ccccc1)(c1ccccc1)c1c-2c2ccccc2c2cc(N3c4ccc(C#N)cc4CC4(C)CCCCC34C)ccc12. The molecule has 0 radical (unpaired) electrons. The van der Waals surface area contributed by atoms with Gasteiger partial charge in [-0.2, -0.15) is 5.26 Å². The fourth-order valence-corrected chi connectivity index (χ4v) is 15.1. The summed E-state index contributed by atoms with van der Waals surface area (Å²) in [4.78, 5) is 9.31. The molecular formula is C65H58N4. The third-order valence-electron chi connectivity index (χ3n) is 18.9. The van der Waals surface area contributed by atoms with Crippen LogP contribution in [-0.4, -0.2) is 11.1 Å². The smallest absolute Gasteiger partial charge is 0.187 e. The number of benzene rings is 8. The lowest BCUT2D eigenvalue weighted by Crippen LogP contribution is -2.60. The Morgan fingerprint density at radius 2 is 1.07 bits per heavy atom. The fraction of sp³-hybridized carbons (Fsp3) is 0.292. The Labute approximate surface area is 407 Å². The van der Waals surface area contributed by atoms with Crippen LogP contribution in [0.15, 0.2) is 158 Å². The molecular weight excluding hydrogens is 837 g/mol. The number of fused-ring (bicyclic) bond motifs is 12. The first-order valence-corrected chi connectivity index (χ1v) is 25.4. The molecule has 2 fully saturated rings. The van der Waals surface area contributed by atoms with E-state index in [9.17, 15) is 5.26 Å². The second-order valence-electron chi connectivity index (χ2n) is 22.2. The van der Waals surface area contributed by atoms with Crippen LogP contribution in [0.5, 0.6) is 0 Å². The molecule has 338 valence electrons. The van der Waals surface area contributed by atoms with Crippen LogP contribution in [0.2, 0.25) is 0 Å². The Morgan fingerprint density at radius 1 is 0.522 bits per heavy atom. The Morgan fingerprint density at radius 3 is 1.70 bits per heavy atom. The minimum Gasteiger partial charge on any atom is -0.335 e. The third-order valence-corrected chi connectivity index (χ3v) is 18.9. The molecule has 3 aliphatic carbocycles. The van der Waals surface area contributed by atoms with E-state index in [4.69, 9.17) is 6.57 Å². The normalized spacial score (nSPS) is 25.1. The summed E-state index contributed by atoms with van der Waals surface area (Å²) in [6.07, 6.45) is 11.4. The zero-order chi connectivity index (χ0) is 46.9. The van der Waals surface area contributed by atoms with Gasteiger partial charge in [0.1, 0.15) is 0 Å². The van der Waals surface area contributed by atoms with E-state index in [1.54, 1.807) is 0 Å². The van der Waals surface area contributed by atoms with Crippen LogP contribution in [0, 0.1) is 28.7 Å². The number of hydrogen-bond donors (Lipinski definition) is 0. The summed E-state index contributed by atoms with van der Waals surface area (Å²) >= 11 is 0. The molecule has 0 bridgehead atoms. The summed E-state index contributed by atoms with van der Waals surface area (Å²) in [6.45, 7) is 18.0. The van der Waals surface area contributed by atoms with Crippen molar-refractivity contribution in [2.75, 3.05) is 9.80 Å². The van der Waals surface area contributed by atoms with Gasteiger partial charge in [0.25, 0.3) is 0 Å². The monoisotopic (exact) mass is 894 g/mol. The van der Waals surface area contributed by atoms with E-state index >= 15 is 0 Å². The molecule has 0 spiro atoms. The van der Waals surface area contributed by atoms with Crippen LogP contribution in [-0.2, 0) is 18.3 Å². The van der Waals surface area contributed by atoms with Crippen molar-refractivity contribution in [3.63, 3.8) is 0 Å². The molecule has 8 aromatic rings. The van der Waals surface area contributed by atoms with Crippen LogP contribution < -0.4 is 9.80 Å². The van der Waals surface area contributed by atoms with E-state index in [1.165, 1.54) is 121 Å². The van der Waals surface area contributed by atoms with Gasteiger partial charge in [0.15, 0.2) is 5.69 Å². The summed E-state index contributed by atoms with van der Waals surface area (Å²) < 4.78 is 0. The van der Waals surface area contributed by atoms with Crippen molar-refractivity contribution < 1.29 is 0 Å². The average molecular weight is 895 g/mol. The summed E-state index contributed by atoms with van der Waals surface area (Å²) in [6, 6.07) is 62.0. The third kappa shape index (κ3) is 5.61. The van der Waals surface area contributed by atoms with Crippen molar-refractivity contribution in [3.05, 3.63) is 208 Å². The molecule has 0 aromatic heterocycles. The van der Waals surface area contributed by atoms with Crippen LogP contribution >= 0.6 is 0 Å². The van der Waals surface area contributed by atoms with E-state index in [2.05, 4.69) is 194 Å². The van der Waals surface area contributed by atoms with E-state index < -0.39 is 5.41 Å². The van der Waals surface area contributed by atoms with Crippen LogP contribution in [0.25, 0.3) is 37.5 Å². The van der Waals surface area contributed by atoms with Crippen molar-refractivity contribution in [2.24, 2.45) is 10.8 Å². The Balaban J connectivity index is 1.11. The zero-order valence-corrected chi connectivity index (χ0v) is 40.4. The summed E-state index contributed by atoms with van der Waals surface area (Å²) in [5.41, 5.74) is 15.9. The van der Waals surface area contributed by atoms with Crippen LogP contribution in [0.1, 0.15) is 118 Å². The van der Waals surface area contributed by atoms with Gasteiger partial charge < -0.3 is 9.80 Å². The van der Waals surface area contributed by atoms with Crippen molar-refractivity contribution in [3.8, 4) is 17.2 Å². The van der Waals surface area contributed by atoms with Gasteiger partial charge in [-0.05, 0) is 178 Å². The molecule has 8 aromatic carbocycles. The standard InChI is InChI=1S/C65H58N4/c1-61-32-14-16-34-63(61,3)68(57-30-24-43(42-66)36-44(57)40-61)49-26-28-53-55(38-49)51-22-12-13-23-52(51)59-54-29-27-50(39-56(54)65(60(53)59,46-18-8-6-9-19-46)47-20-10-7-11-21-47)69-58-31-25-48(67-5)37-45(58)41-62(2)33-15-17-35-64(62,69)4/h6-13,18-31,36-39H,14-17,32-35,40-41H2,1-4H3. The second-order valence-corrected chi connectivity index (χ2v) is 22.2. The average Bonchev–Trinajstić information content (AvgIpc) is 3.69. The molecule has 0 amide bonds. The highest BCUT2D eigenvalue weighted by Gasteiger charge is 2.56. The lowest BCUT2D eigenvalue weighted by molar-refractivity contribution is 0.0863. The molecule has 0 saturated heterocycles. The molecule has 2 heterocycles. The van der Waals surface area contributed by atoms with Gasteiger partial charge in [-0.1, -0.05) is 149 Å². The quantitative estimate of drug-likeness (QED) is 0.130. The van der Waals surface area contributed by atoms with E-state index in [1.807, 2.05) is 12.1 Å². The Kier molecular flexibility index (Phi) is 9.09. The molecule has 69 heavy (non-hydrogen) atoms. The van der Waals surface area contributed by atoms with Crippen LogP contribution in [0.4, 0.5) is 28.4 Å². The number of nitriles is 1. The maximum atomic E-state index is 10.1. The summed E-state index contributed by atoms with van der Waals surface area (Å²) in [7, 11) is 0. The van der Waals surface area contributed by atoms with Crippen molar-refractivity contribution in [1.29, 1.82) is 5.26 Å². The predicted octanol–water partition coefficient (Wildman–Crippen LogP) is 16.8. The summed E-state index contributed by atoms with van der Waals surface area (Å²) in [5.74, 6) is 0. The number of nitrogens with zero attached hydrogens (tertiary/aromatic N) is 4. The molecule has 0 N–H and O–H groups in total. The fourth-order valence-electron chi connectivity index (χ4n) is 15.1. The van der Waals surface area contributed by atoms with Gasteiger partial charge in [0.05, 0.1) is 23.6 Å². The maximum Gasteiger partial charge on any atom is 0.187 e. The topological polar surface area (TPSA) is 34.6 Å². The minimum absolute atomic E-state index is 0.0416. The van der Waals surface area contributed by atoms with Gasteiger partial charge in [-0.3, -0.25) is 0 Å². The van der Waals surface area contributed by atoms with Gasteiger partial charge in [0, 0.05) is 33.8 Å². The number of hydrogen-bond acceptors (Lipinski definition) is 3. The molecule has 4 nitrogen and oxygen atoms in total. The zero-order valence-electron chi connectivity index (χ0n) is 40.4. The van der Waals surface area contributed by atoms with Gasteiger partial charge in [0.2, 0.25) is 0 Å². The lowest BCUT2D eigenvalue weighted by Gasteiger charge is -2.60. The molecule has 4 atom stereocenters.